The molecule has 0 aliphatic carbocycles. The Morgan fingerprint density at radius 3 is 2.71 bits per heavy atom. The smallest absolute Gasteiger partial charge is 0.276 e. The van der Waals surface area contributed by atoms with Crippen LogP contribution in [0.5, 0.6) is 0 Å². The fourth-order valence-corrected chi connectivity index (χ4v) is 2.78. The molecular weight excluding hydrogens is 322 g/mol. The number of aromatic nitrogens is 1. The highest BCUT2D eigenvalue weighted by atomic mass is 32.1. The third-order valence-electron chi connectivity index (χ3n) is 3.36. The molecule has 0 radical (unpaired) electrons. The normalized spacial score (nSPS) is 10.8. The van der Waals surface area contributed by atoms with Crippen LogP contribution in [-0.4, -0.2) is 16.7 Å². The van der Waals surface area contributed by atoms with E-state index in [9.17, 15) is 9.59 Å². The van der Waals surface area contributed by atoms with Crippen LogP contribution in [0.1, 0.15) is 20.8 Å². The molecule has 1 N–H and O–H groups in total. The number of benzene rings is 1. The van der Waals surface area contributed by atoms with Crippen LogP contribution in [0.15, 0.2) is 76.1 Å². The van der Waals surface area contributed by atoms with Gasteiger partial charge in [0.25, 0.3) is 11.5 Å². The lowest BCUT2D eigenvalue weighted by Gasteiger charge is -2.07. The largest absolute Gasteiger partial charge is 0.310 e. The molecular formula is C18H15N3O2S. The van der Waals surface area contributed by atoms with Crippen molar-refractivity contribution in [1.82, 2.24) is 9.99 Å². The summed E-state index contributed by atoms with van der Waals surface area (Å²) in [5.74, 6) is -0.518. The molecule has 6 heteroatoms. The Kier molecular flexibility index (Phi) is 4.98. The lowest BCUT2D eigenvalue weighted by molar-refractivity contribution is 0.0953. The van der Waals surface area contributed by atoms with E-state index in [0.717, 1.165) is 10.4 Å². The van der Waals surface area contributed by atoms with E-state index in [0.29, 0.717) is 6.54 Å². The summed E-state index contributed by atoms with van der Waals surface area (Å²) in [6.45, 7) is 0.416. The van der Waals surface area contributed by atoms with Crippen LogP contribution in [0, 0.1) is 0 Å². The van der Waals surface area contributed by atoms with Crippen LogP contribution in [0.2, 0.25) is 0 Å². The van der Waals surface area contributed by atoms with E-state index in [1.54, 1.807) is 18.5 Å². The van der Waals surface area contributed by atoms with Crippen LogP contribution in [0.3, 0.4) is 0 Å². The first-order valence-electron chi connectivity index (χ1n) is 7.34. The summed E-state index contributed by atoms with van der Waals surface area (Å²) in [5.41, 5.74) is 3.11. The van der Waals surface area contributed by atoms with Crippen LogP contribution in [-0.2, 0) is 6.54 Å². The van der Waals surface area contributed by atoms with Crippen LogP contribution >= 0.6 is 11.3 Å². The Labute approximate surface area is 142 Å². The predicted molar refractivity (Wildman–Crippen MR) is 95.6 cm³/mol. The van der Waals surface area contributed by atoms with E-state index in [-0.39, 0.29) is 11.1 Å². The number of thiophene rings is 1. The van der Waals surface area contributed by atoms with E-state index >= 15 is 0 Å². The molecule has 0 atom stereocenters. The van der Waals surface area contributed by atoms with Gasteiger partial charge < -0.3 is 4.57 Å². The van der Waals surface area contributed by atoms with Gasteiger partial charge in [-0.25, -0.2) is 5.43 Å². The van der Waals surface area contributed by atoms with Crippen molar-refractivity contribution in [2.24, 2.45) is 5.10 Å². The first-order valence-corrected chi connectivity index (χ1v) is 8.22. The lowest BCUT2D eigenvalue weighted by Crippen LogP contribution is -2.30. The van der Waals surface area contributed by atoms with Crippen molar-refractivity contribution in [2.45, 2.75) is 6.54 Å². The monoisotopic (exact) mass is 337 g/mol. The zero-order chi connectivity index (χ0) is 16.8. The Hall–Kier alpha value is -2.99. The number of rotatable bonds is 5. The highest BCUT2D eigenvalue weighted by molar-refractivity contribution is 7.11. The first kappa shape index (κ1) is 15.9. The molecule has 120 valence electrons. The average molecular weight is 337 g/mol. The number of nitrogens with zero attached hydrogens (tertiary/aromatic N) is 2. The number of carbonyl (C=O) groups excluding carboxylic acids is 1. The molecule has 0 saturated carbocycles. The van der Waals surface area contributed by atoms with Gasteiger partial charge in [-0.3, -0.25) is 9.59 Å². The number of hydrogen-bond donors (Lipinski definition) is 1. The predicted octanol–water partition coefficient (Wildman–Crippen LogP) is 2.72. The Balaban J connectivity index is 1.75. The number of hydrogen-bond acceptors (Lipinski definition) is 4. The van der Waals surface area contributed by atoms with Crippen LogP contribution in [0.4, 0.5) is 0 Å². The Morgan fingerprint density at radius 1 is 1.12 bits per heavy atom. The van der Waals surface area contributed by atoms with E-state index in [2.05, 4.69) is 10.5 Å². The van der Waals surface area contributed by atoms with Crippen molar-refractivity contribution in [1.29, 1.82) is 0 Å². The molecule has 2 aromatic heterocycles. The van der Waals surface area contributed by atoms with Gasteiger partial charge in [-0.15, -0.1) is 11.3 Å². The van der Waals surface area contributed by atoms with Crippen LogP contribution in [0.25, 0.3) is 0 Å². The summed E-state index contributed by atoms with van der Waals surface area (Å²) in [6.07, 6.45) is 3.22. The summed E-state index contributed by atoms with van der Waals surface area (Å²) in [5, 5.41) is 5.80. The van der Waals surface area contributed by atoms with E-state index in [1.165, 1.54) is 22.0 Å². The Morgan fingerprint density at radius 2 is 1.96 bits per heavy atom. The van der Waals surface area contributed by atoms with Gasteiger partial charge >= 0.3 is 0 Å². The van der Waals surface area contributed by atoms with Gasteiger partial charge in [0, 0.05) is 11.1 Å². The summed E-state index contributed by atoms with van der Waals surface area (Å²) in [4.78, 5) is 25.5. The topological polar surface area (TPSA) is 63.5 Å². The number of amides is 1. The average Bonchev–Trinajstić information content (AvgIpc) is 3.11. The SMILES string of the molecule is O=C(N/N=C\c1cccs1)c1cccn(Cc2ccccc2)c1=O. The molecule has 0 aliphatic heterocycles. The molecule has 0 spiro atoms. The molecule has 2 heterocycles. The van der Waals surface area contributed by atoms with Crippen molar-refractivity contribution < 1.29 is 4.79 Å². The zero-order valence-corrected chi connectivity index (χ0v) is 13.6. The number of pyridine rings is 1. The van der Waals surface area contributed by atoms with Crippen LogP contribution < -0.4 is 11.0 Å². The standard InChI is InChI=1S/C18H15N3O2S/c22-17(20-19-12-15-8-5-11-24-15)16-9-4-10-21(18(16)23)13-14-6-2-1-3-7-14/h1-12H,13H2,(H,20,22)/b19-12-. The molecule has 0 saturated heterocycles. The molecule has 0 aliphatic rings. The summed E-state index contributed by atoms with van der Waals surface area (Å²) >= 11 is 1.51. The molecule has 0 bridgehead atoms. The van der Waals surface area contributed by atoms with Crippen molar-refractivity contribution in [3.05, 3.63) is 92.5 Å². The summed E-state index contributed by atoms with van der Waals surface area (Å²) in [6, 6.07) is 16.6. The third kappa shape index (κ3) is 3.85. The summed E-state index contributed by atoms with van der Waals surface area (Å²) < 4.78 is 1.51. The number of hydrazone groups is 1. The molecule has 1 aromatic carbocycles. The molecule has 24 heavy (non-hydrogen) atoms. The van der Waals surface area contributed by atoms with E-state index in [1.807, 2.05) is 47.8 Å². The molecule has 5 nitrogen and oxygen atoms in total. The third-order valence-corrected chi connectivity index (χ3v) is 4.17. The van der Waals surface area contributed by atoms with Gasteiger partial charge in [0.2, 0.25) is 0 Å². The number of carbonyl (C=O) groups is 1. The molecule has 3 rings (SSSR count). The van der Waals surface area contributed by atoms with Gasteiger partial charge in [0.05, 0.1) is 12.8 Å². The summed E-state index contributed by atoms with van der Waals surface area (Å²) in [7, 11) is 0. The fourth-order valence-electron chi connectivity index (χ4n) is 2.19. The molecule has 1 amide bonds. The van der Waals surface area contributed by atoms with Gasteiger partial charge in [-0.05, 0) is 29.1 Å². The van der Waals surface area contributed by atoms with Gasteiger partial charge in [0.1, 0.15) is 5.56 Å². The second kappa shape index (κ2) is 7.52. The van der Waals surface area contributed by atoms with Crippen molar-refractivity contribution >= 4 is 23.5 Å². The van der Waals surface area contributed by atoms with Crippen molar-refractivity contribution in [3.63, 3.8) is 0 Å². The van der Waals surface area contributed by atoms with Gasteiger partial charge in [-0.1, -0.05) is 36.4 Å². The first-order chi connectivity index (χ1) is 11.7. The molecule has 3 aromatic rings. The Bertz CT molecular complexity index is 900. The van der Waals surface area contributed by atoms with E-state index < -0.39 is 5.91 Å². The maximum Gasteiger partial charge on any atom is 0.276 e. The molecule has 0 unspecified atom stereocenters. The maximum absolute atomic E-state index is 12.5. The quantitative estimate of drug-likeness (QED) is 0.575. The minimum Gasteiger partial charge on any atom is -0.310 e. The number of nitrogens with one attached hydrogen (secondary N) is 1. The van der Waals surface area contributed by atoms with Gasteiger partial charge in [0.15, 0.2) is 0 Å². The fraction of sp³-hybridized carbons (Fsp3) is 0.0556. The second-order valence-electron chi connectivity index (χ2n) is 5.06. The highest BCUT2D eigenvalue weighted by Crippen LogP contribution is 2.04. The highest BCUT2D eigenvalue weighted by Gasteiger charge is 2.11. The molecule has 0 fully saturated rings. The van der Waals surface area contributed by atoms with Crippen molar-refractivity contribution in [3.8, 4) is 0 Å². The van der Waals surface area contributed by atoms with Crippen molar-refractivity contribution in [2.75, 3.05) is 0 Å². The lowest BCUT2D eigenvalue weighted by atomic mass is 10.2. The second-order valence-corrected chi connectivity index (χ2v) is 6.03. The van der Waals surface area contributed by atoms with E-state index in [4.69, 9.17) is 0 Å². The minimum absolute atomic E-state index is 0.0664. The minimum atomic E-state index is -0.518. The maximum atomic E-state index is 12.5. The van der Waals surface area contributed by atoms with Gasteiger partial charge in [-0.2, -0.15) is 5.10 Å². The zero-order valence-electron chi connectivity index (χ0n) is 12.8.